The maximum Gasteiger partial charge on any atom is 0.311 e. The van der Waals surface area contributed by atoms with E-state index in [2.05, 4.69) is 10.6 Å². The van der Waals surface area contributed by atoms with Crippen molar-refractivity contribution >= 4 is 17.8 Å². The SMILES string of the molecule is CC(C)(C)C(=O)NCC(=O)NCC1(C(=O)O)CCC1. The second kappa shape index (κ2) is 5.59. The summed E-state index contributed by atoms with van der Waals surface area (Å²) in [5.74, 6) is -1.43. The lowest BCUT2D eigenvalue weighted by molar-refractivity contribution is -0.154. The molecular formula is C13H22N2O4. The van der Waals surface area contributed by atoms with E-state index >= 15 is 0 Å². The number of nitrogens with one attached hydrogen (secondary N) is 2. The van der Waals surface area contributed by atoms with Gasteiger partial charge in [-0.2, -0.15) is 0 Å². The van der Waals surface area contributed by atoms with E-state index in [1.165, 1.54) is 0 Å². The van der Waals surface area contributed by atoms with Crippen LogP contribution >= 0.6 is 0 Å². The molecule has 6 nitrogen and oxygen atoms in total. The van der Waals surface area contributed by atoms with E-state index in [-0.39, 0.29) is 24.9 Å². The predicted octanol–water partition coefficient (Wildman–Crippen LogP) is 0.520. The Balaban J connectivity index is 2.33. The number of aliphatic carboxylic acids is 1. The molecule has 108 valence electrons. The highest BCUT2D eigenvalue weighted by molar-refractivity contribution is 5.87. The fourth-order valence-electron chi connectivity index (χ4n) is 1.83. The van der Waals surface area contributed by atoms with E-state index < -0.39 is 16.8 Å². The molecule has 0 unspecified atom stereocenters. The summed E-state index contributed by atoms with van der Waals surface area (Å²) in [5, 5.41) is 14.2. The monoisotopic (exact) mass is 270 g/mol. The number of carboxylic acids is 1. The van der Waals surface area contributed by atoms with Gasteiger partial charge in [-0.25, -0.2) is 0 Å². The number of rotatable bonds is 5. The van der Waals surface area contributed by atoms with Crippen LogP contribution in [-0.4, -0.2) is 36.0 Å². The molecule has 0 heterocycles. The average molecular weight is 270 g/mol. The molecule has 1 fully saturated rings. The summed E-state index contributed by atoms with van der Waals surface area (Å²) in [4.78, 5) is 34.2. The van der Waals surface area contributed by atoms with Crippen molar-refractivity contribution in [1.29, 1.82) is 0 Å². The minimum absolute atomic E-state index is 0.119. The summed E-state index contributed by atoms with van der Waals surface area (Å²) in [6.07, 6.45) is 2.07. The zero-order chi connectivity index (χ0) is 14.7. The van der Waals surface area contributed by atoms with Gasteiger partial charge in [-0.1, -0.05) is 27.2 Å². The van der Waals surface area contributed by atoms with E-state index in [1.54, 1.807) is 20.8 Å². The first-order valence-electron chi connectivity index (χ1n) is 6.46. The van der Waals surface area contributed by atoms with Crippen molar-refractivity contribution in [2.45, 2.75) is 40.0 Å². The molecule has 0 aromatic heterocycles. The van der Waals surface area contributed by atoms with Crippen LogP contribution < -0.4 is 10.6 Å². The van der Waals surface area contributed by atoms with Crippen molar-refractivity contribution in [2.24, 2.45) is 10.8 Å². The number of carbonyl (C=O) groups is 3. The zero-order valence-corrected chi connectivity index (χ0v) is 11.7. The first-order chi connectivity index (χ1) is 8.67. The number of hydrogen-bond acceptors (Lipinski definition) is 3. The third kappa shape index (κ3) is 3.94. The first kappa shape index (κ1) is 15.5. The van der Waals surface area contributed by atoms with Crippen LogP contribution in [0.15, 0.2) is 0 Å². The van der Waals surface area contributed by atoms with E-state index in [0.29, 0.717) is 12.8 Å². The number of amides is 2. The second-order valence-electron chi connectivity index (χ2n) is 6.15. The Hall–Kier alpha value is -1.59. The summed E-state index contributed by atoms with van der Waals surface area (Å²) in [6.45, 7) is 5.29. The predicted molar refractivity (Wildman–Crippen MR) is 69.4 cm³/mol. The molecule has 0 spiro atoms. The van der Waals surface area contributed by atoms with Gasteiger partial charge in [-0.05, 0) is 12.8 Å². The molecule has 0 aliphatic heterocycles. The molecule has 0 bridgehead atoms. The van der Waals surface area contributed by atoms with Gasteiger partial charge in [-0.3, -0.25) is 14.4 Å². The van der Waals surface area contributed by atoms with Crippen LogP contribution in [0.5, 0.6) is 0 Å². The Kier molecular flexibility index (Phi) is 4.55. The molecule has 0 aromatic carbocycles. The Morgan fingerprint density at radius 1 is 1.16 bits per heavy atom. The number of hydrogen-bond donors (Lipinski definition) is 3. The van der Waals surface area contributed by atoms with Crippen LogP contribution in [0.3, 0.4) is 0 Å². The first-order valence-corrected chi connectivity index (χ1v) is 6.46. The minimum Gasteiger partial charge on any atom is -0.481 e. The largest absolute Gasteiger partial charge is 0.481 e. The van der Waals surface area contributed by atoms with Crippen molar-refractivity contribution in [2.75, 3.05) is 13.1 Å². The van der Waals surface area contributed by atoms with Crippen LogP contribution in [0.1, 0.15) is 40.0 Å². The van der Waals surface area contributed by atoms with Gasteiger partial charge in [0.05, 0.1) is 12.0 Å². The maximum absolute atomic E-state index is 11.6. The van der Waals surface area contributed by atoms with Gasteiger partial charge < -0.3 is 15.7 Å². The molecule has 0 atom stereocenters. The zero-order valence-electron chi connectivity index (χ0n) is 11.7. The lowest BCUT2D eigenvalue weighted by Crippen LogP contribution is -2.50. The molecule has 1 saturated carbocycles. The lowest BCUT2D eigenvalue weighted by atomic mass is 9.69. The third-order valence-electron chi connectivity index (χ3n) is 3.48. The molecule has 0 radical (unpaired) electrons. The fraction of sp³-hybridized carbons (Fsp3) is 0.769. The molecule has 0 saturated heterocycles. The Labute approximate surface area is 112 Å². The smallest absolute Gasteiger partial charge is 0.311 e. The summed E-state index contributed by atoms with van der Waals surface area (Å²) in [5.41, 5.74) is -1.35. The summed E-state index contributed by atoms with van der Waals surface area (Å²) < 4.78 is 0. The third-order valence-corrected chi connectivity index (χ3v) is 3.48. The molecule has 1 aliphatic rings. The van der Waals surface area contributed by atoms with Crippen molar-refractivity contribution in [1.82, 2.24) is 10.6 Å². The van der Waals surface area contributed by atoms with Crippen molar-refractivity contribution < 1.29 is 19.5 Å². The molecule has 3 N–H and O–H groups in total. The molecule has 6 heteroatoms. The molecule has 2 amide bonds. The Morgan fingerprint density at radius 3 is 2.11 bits per heavy atom. The van der Waals surface area contributed by atoms with E-state index in [4.69, 9.17) is 5.11 Å². The van der Waals surface area contributed by atoms with Crippen LogP contribution in [0, 0.1) is 10.8 Å². The van der Waals surface area contributed by atoms with Crippen molar-refractivity contribution in [3.05, 3.63) is 0 Å². The number of carboxylic acid groups (broad SMARTS) is 1. The molecule has 19 heavy (non-hydrogen) atoms. The average Bonchev–Trinajstić information content (AvgIpc) is 2.22. The molecule has 1 rings (SSSR count). The lowest BCUT2D eigenvalue weighted by Gasteiger charge is -2.37. The number of carbonyl (C=O) groups excluding carboxylic acids is 2. The van der Waals surface area contributed by atoms with E-state index in [9.17, 15) is 14.4 Å². The quantitative estimate of drug-likeness (QED) is 0.678. The van der Waals surface area contributed by atoms with Gasteiger partial charge in [-0.15, -0.1) is 0 Å². The standard InChI is InChI=1S/C13H22N2O4/c1-12(2,3)10(17)14-7-9(16)15-8-13(11(18)19)5-4-6-13/h4-8H2,1-3H3,(H,14,17)(H,15,16)(H,18,19). The van der Waals surface area contributed by atoms with Gasteiger partial charge in [0.15, 0.2) is 0 Å². The minimum atomic E-state index is -0.863. The van der Waals surface area contributed by atoms with E-state index in [1.807, 2.05) is 0 Å². The van der Waals surface area contributed by atoms with Gasteiger partial charge >= 0.3 is 5.97 Å². The second-order valence-corrected chi connectivity index (χ2v) is 6.15. The van der Waals surface area contributed by atoms with Crippen LogP contribution in [0.25, 0.3) is 0 Å². The van der Waals surface area contributed by atoms with Crippen LogP contribution in [0.4, 0.5) is 0 Å². The van der Waals surface area contributed by atoms with Gasteiger partial charge in [0.1, 0.15) is 0 Å². The van der Waals surface area contributed by atoms with Gasteiger partial charge in [0.25, 0.3) is 0 Å². The summed E-state index contributed by atoms with van der Waals surface area (Å²) >= 11 is 0. The molecule has 0 aromatic rings. The maximum atomic E-state index is 11.6. The van der Waals surface area contributed by atoms with Gasteiger partial charge in [0, 0.05) is 12.0 Å². The highest BCUT2D eigenvalue weighted by Crippen LogP contribution is 2.40. The van der Waals surface area contributed by atoms with Crippen LogP contribution in [-0.2, 0) is 14.4 Å². The molecule has 1 aliphatic carbocycles. The van der Waals surface area contributed by atoms with E-state index in [0.717, 1.165) is 6.42 Å². The topological polar surface area (TPSA) is 95.5 Å². The Bertz CT molecular complexity index is 381. The van der Waals surface area contributed by atoms with Crippen molar-refractivity contribution in [3.63, 3.8) is 0 Å². The van der Waals surface area contributed by atoms with Gasteiger partial charge in [0.2, 0.25) is 11.8 Å². The Morgan fingerprint density at radius 2 is 1.74 bits per heavy atom. The summed E-state index contributed by atoms with van der Waals surface area (Å²) in [6, 6.07) is 0. The summed E-state index contributed by atoms with van der Waals surface area (Å²) in [7, 11) is 0. The molecular weight excluding hydrogens is 248 g/mol. The van der Waals surface area contributed by atoms with Crippen LogP contribution in [0.2, 0.25) is 0 Å². The highest BCUT2D eigenvalue weighted by Gasteiger charge is 2.44. The van der Waals surface area contributed by atoms with Crippen molar-refractivity contribution in [3.8, 4) is 0 Å². The highest BCUT2D eigenvalue weighted by atomic mass is 16.4. The fourth-order valence-corrected chi connectivity index (χ4v) is 1.83. The normalized spacial score (nSPS) is 17.2.